The van der Waals surface area contributed by atoms with Crippen molar-refractivity contribution in [2.24, 2.45) is 0 Å². The third-order valence-corrected chi connectivity index (χ3v) is 3.69. The number of nitrogens with one attached hydrogen (secondary N) is 1. The Bertz CT molecular complexity index is 515. The molecule has 0 aromatic carbocycles. The average molecular weight is 381 g/mol. The number of hydrogen-bond acceptors (Lipinski definition) is 8. The van der Waals surface area contributed by atoms with Gasteiger partial charge in [0.25, 0.3) is 0 Å². The zero-order valence-corrected chi connectivity index (χ0v) is 13.4. The van der Waals surface area contributed by atoms with E-state index in [-0.39, 0.29) is 0 Å². The Balaban J connectivity index is 2.93. The van der Waals surface area contributed by atoms with Crippen LogP contribution in [-0.2, 0) is 27.7 Å². The molecule has 1 heterocycles. The average Bonchev–Trinajstić information content (AvgIpc) is 2.33. The minimum absolute atomic E-state index is 0.714. The molecule has 0 aliphatic carbocycles. The van der Waals surface area contributed by atoms with Gasteiger partial charge >= 0.3 is 15.6 Å². The molecule has 1 aliphatic rings. The van der Waals surface area contributed by atoms with E-state index in [0.29, 0.717) is 0 Å². The van der Waals surface area contributed by atoms with E-state index < -0.39 is 58.8 Å². The highest BCUT2D eigenvalue weighted by atomic mass is 31.2. The van der Waals surface area contributed by atoms with Gasteiger partial charge in [0.1, 0.15) is 24.4 Å². The van der Waals surface area contributed by atoms with Crippen molar-refractivity contribution in [3.63, 3.8) is 0 Å². The maximum absolute atomic E-state index is 11.1. The van der Waals surface area contributed by atoms with Gasteiger partial charge in [-0.2, -0.15) is 0 Å². The molecule has 1 fully saturated rings. The van der Waals surface area contributed by atoms with Gasteiger partial charge in [0, 0.05) is 6.92 Å². The summed E-state index contributed by atoms with van der Waals surface area (Å²) in [6.45, 7) is 0.132. The van der Waals surface area contributed by atoms with Gasteiger partial charge in [-0.25, -0.2) is 9.13 Å². The lowest BCUT2D eigenvalue weighted by atomic mass is 9.97. The van der Waals surface area contributed by atoms with Crippen molar-refractivity contribution in [2.75, 3.05) is 6.61 Å². The van der Waals surface area contributed by atoms with Gasteiger partial charge in [-0.05, 0) is 0 Å². The van der Waals surface area contributed by atoms with E-state index in [1.807, 2.05) is 0 Å². The van der Waals surface area contributed by atoms with E-state index in [2.05, 4.69) is 14.4 Å². The summed E-state index contributed by atoms with van der Waals surface area (Å²) in [6, 6.07) is -1.54. The second-order valence-electron chi connectivity index (χ2n) is 4.63. The Morgan fingerprint density at radius 1 is 1.13 bits per heavy atom. The SMILES string of the molecule is CC(=O)NC1C(OP(=O)(O)O)OC(COP(=O)(O)O)C(O)C1O. The minimum atomic E-state index is -5.10. The molecule has 1 aliphatic heterocycles. The summed E-state index contributed by atoms with van der Waals surface area (Å²) < 4.78 is 34.9. The van der Waals surface area contributed by atoms with Gasteiger partial charge in [0.2, 0.25) is 5.91 Å². The van der Waals surface area contributed by atoms with Gasteiger partial charge in [-0.1, -0.05) is 0 Å². The third kappa shape index (κ3) is 6.91. The number of phosphoric acid groups is 2. The Labute approximate surface area is 129 Å². The molecule has 5 unspecified atom stereocenters. The van der Waals surface area contributed by atoms with Gasteiger partial charge < -0.3 is 39.8 Å². The zero-order valence-electron chi connectivity index (χ0n) is 11.6. The van der Waals surface area contributed by atoms with Crippen LogP contribution in [0.25, 0.3) is 0 Å². The van der Waals surface area contributed by atoms with Crippen LogP contribution in [0.3, 0.4) is 0 Å². The molecular formula is C8H17NO12P2. The number of carbonyl (C=O) groups is 1. The maximum atomic E-state index is 11.1. The van der Waals surface area contributed by atoms with Crippen LogP contribution < -0.4 is 5.32 Å². The normalized spacial score (nSPS) is 32.6. The van der Waals surface area contributed by atoms with Crippen LogP contribution in [0.2, 0.25) is 0 Å². The van der Waals surface area contributed by atoms with Crippen molar-refractivity contribution < 1.29 is 57.5 Å². The first-order valence-electron chi connectivity index (χ1n) is 6.03. The first-order chi connectivity index (χ1) is 10.3. The molecule has 13 nitrogen and oxygen atoms in total. The highest BCUT2D eigenvalue weighted by Crippen LogP contribution is 2.41. The van der Waals surface area contributed by atoms with Crippen molar-refractivity contribution >= 4 is 21.6 Å². The monoisotopic (exact) mass is 381 g/mol. The molecular weight excluding hydrogens is 364 g/mol. The third-order valence-electron chi connectivity index (χ3n) is 2.72. The fourth-order valence-electron chi connectivity index (χ4n) is 1.85. The fourth-order valence-corrected chi connectivity index (χ4v) is 2.65. The Kier molecular flexibility index (Phi) is 6.84. The molecule has 7 N–H and O–H groups in total. The summed E-state index contributed by atoms with van der Waals surface area (Å²) >= 11 is 0. The topological polar surface area (TPSA) is 212 Å². The van der Waals surface area contributed by atoms with Crippen molar-refractivity contribution in [1.82, 2.24) is 5.32 Å². The van der Waals surface area contributed by atoms with Crippen LogP contribution in [-0.4, -0.2) is 72.9 Å². The number of phosphoric ester groups is 2. The molecule has 1 saturated heterocycles. The maximum Gasteiger partial charge on any atom is 0.472 e. The zero-order chi connectivity index (χ0) is 18.0. The molecule has 136 valence electrons. The second kappa shape index (κ2) is 7.64. The highest BCUT2D eigenvalue weighted by molar-refractivity contribution is 7.46. The largest absolute Gasteiger partial charge is 0.472 e. The summed E-state index contributed by atoms with van der Waals surface area (Å²) in [7, 11) is -10.0. The number of aliphatic hydroxyl groups excluding tert-OH is 2. The van der Waals surface area contributed by atoms with E-state index in [1.165, 1.54) is 0 Å². The molecule has 23 heavy (non-hydrogen) atoms. The smallest absolute Gasteiger partial charge is 0.388 e. The number of aliphatic hydroxyl groups is 2. The standard InChI is InChI=1S/C8H17NO12P2/c1-3(10)9-5-7(12)6(11)4(2-19-22(13,14)15)20-8(5)21-23(16,17)18/h4-8,11-12H,2H2,1H3,(H,9,10)(H2,13,14,15)(H2,16,17,18). The van der Waals surface area contributed by atoms with E-state index in [0.717, 1.165) is 6.92 Å². The molecule has 0 spiro atoms. The molecule has 0 bridgehead atoms. The van der Waals surface area contributed by atoms with Crippen LogP contribution in [0.5, 0.6) is 0 Å². The van der Waals surface area contributed by atoms with E-state index >= 15 is 0 Å². The number of amides is 1. The number of carbonyl (C=O) groups excluding carboxylic acids is 1. The van der Waals surface area contributed by atoms with Crippen LogP contribution in [0.15, 0.2) is 0 Å². The van der Waals surface area contributed by atoms with Crippen LogP contribution >= 0.6 is 15.6 Å². The minimum Gasteiger partial charge on any atom is -0.388 e. The van der Waals surface area contributed by atoms with Crippen LogP contribution in [0.1, 0.15) is 6.92 Å². The van der Waals surface area contributed by atoms with Crippen molar-refractivity contribution in [1.29, 1.82) is 0 Å². The predicted molar refractivity (Wildman–Crippen MR) is 69.4 cm³/mol. The van der Waals surface area contributed by atoms with Crippen molar-refractivity contribution in [2.45, 2.75) is 37.6 Å². The van der Waals surface area contributed by atoms with Gasteiger partial charge in [-0.3, -0.25) is 13.8 Å². The molecule has 5 atom stereocenters. The molecule has 0 saturated carbocycles. The summed E-state index contributed by atoms with van der Waals surface area (Å²) in [5.74, 6) is -0.714. The predicted octanol–water partition coefficient (Wildman–Crippen LogP) is -2.84. The summed E-state index contributed by atoms with van der Waals surface area (Å²) in [4.78, 5) is 45.9. The Morgan fingerprint density at radius 3 is 2.13 bits per heavy atom. The van der Waals surface area contributed by atoms with E-state index in [4.69, 9.17) is 24.3 Å². The molecule has 0 aromatic rings. The Hall–Kier alpha value is -0.430. The van der Waals surface area contributed by atoms with E-state index in [9.17, 15) is 24.1 Å². The molecule has 0 aromatic heterocycles. The highest BCUT2D eigenvalue weighted by Gasteiger charge is 2.48. The van der Waals surface area contributed by atoms with Crippen LogP contribution in [0.4, 0.5) is 0 Å². The van der Waals surface area contributed by atoms with Crippen LogP contribution in [0, 0.1) is 0 Å². The quantitative estimate of drug-likeness (QED) is 0.232. The molecule has 1 rings (SSSR count). The van der Waals surface area contributed by atoms with Crippen molar-refractivity contribution in [3.8, 4) is 0 Å². The summed E-state index contributed by atoms with van der Waals surface area (Å²) in [5, 5.41) is 21.8. The fraction of sp³-hybridized carbons (Fsp3) is 0.875. The van der Waals surface area contributed by atoms with E-state index in [1.54, 1.807) is 0 Å². The van der Waals surface area contributed by atoms with Gasteiger partial charge in [0.15, 0.2) is 6.29 Å². The summed E-state index contributed by atoms with van der Waals surface area (Å²) in [5.41, 5.74) is 0. The summed E-state index contributed by atoms with van der Waals surface area (Å²) in [6.07, 6.45) is -7.08. The lowest BCUT2D eigenvalue weighted by Gasteiger charge is -2.42. The van der Waals surface area contributed by atoms with Gasteiger partial charge in [-0.15, -0.1) is 0 Å². The van der Waals surface area contributed by atoms with Gasteiger partial charge in [0.05, 0.1) is 6.61 Å². The first-order valence-corrected chi connectivity index (χ1v) is 9.09. The second-order valence-corrected chi connectivity index (χ2v) is 7.06. The van der Waals surface area contributed by atoms with Crippen molar-refractivity contribution in [3.05, 3.63) is 0 Å². The molecule has 15 heteroatoms. The molecule has 1 amide bonds. The Morgan fingerprint density at radius 2 is 1.70 bits per heavy atom. The molecule has 0 radical (unpaired) electrons. The number of hydrogen-bond donors (Lipinski definition) is 7. The number of ether oxygens (including phenoxy) is 1. The lowest BCUT2D eigenvalue weighted by molar-refractivity contribution is -0.247. The number of rotatable bonds is 6. The first kappa shape index (κ1) is 20.6. The lowest BCUT2D eigenvalue weighted by Crippen LogP contribution is -2.64.